The zero-order chi connectivity index (χ0) is 8.27. The van der Waals surface area contributed by atoms with Crippen molar-refractivity contribution in [3.63, 3.8) is 0 Å². The quantitative estimate of drug-likeness (QED) is 0.584. The van der Waals surface area contributed by atoms with Crippen molar-refractivity contribution in [2.75, 3.05) is 19.6 Å². The van der Waals surface area contributed by atoms with Crippen molar-refractivity contribution in [2.24, 2.45) is 0 Å². The summed E-state index contributed by atoms with van der Waals surface area (Å²) in [5.41, 5.74) is 0. The Morgan fingerprint density at radius 2 is 2.45 bits per heavy atom. The van der Waals surface area contributed by atoms with Crippen LogP contribution < -0.4 is 5.32 Å². The Kier molecular flexibility index (Phi) is 2.86. The summed E-state index contributed by atoms with van der Waals surface area (Å²) in [5.74, 6) is 0. The van der Waals surface area contributed by atoms with E-state index in [2.05, 4.69) is 23.2 Å². The van der Waals surface area contributed by atoms with Crippen LogP contribution in [0, 0.1) is 11.3 Å². The van der Waals surface area contributed by atoms with Crippen LogP contribution in [0.5, 0.6) is 0 Å². The lowest BCUT2D eigenvalue weighted by molar-refractivity contribution is 0.152. The summed E-state index contributed by atoms with van der Waals surface area (Å²) in [6.07, 6.45) is 0. The molecular weight excluding hydrogens is 138 g/mol. The number of hydrogen-bond donors (Lipinski definition) is 1. The monoisotopic (exact) mass is 153 g/mol. The minimum Gasteiger partial charge on any atom is -0.314 e. The molecule has 1 rings (SSSR count). The maximum Gasteiger partial charge on any atom is 0.0952 e. The molecule has 1 aliphatic rings. The Balaban J connectivity index is 2.48. The maximum atomic E-state index is 8.69. The fraction of sp³-hybridized carbons (Fsp3) is 0.875. The topological polar surface area (TPSA) is 39.1 Å². The number of rotatable bonds is 1. The molecule has 0 spiro atoms. The molecule has 2 atom stereocenters. The minimum atomic E-state index is 0.0621. The lowest BCUT2D eigenvalue weighted by Gasteiger charge is -2.35. The highest BCUT2D eigenvalue weighted by molar-refractivity contribution is 4.92. The summed E-state index contributed by atoms with van der Waals surface area (Å²) < 4.78 is 0. The molecule has 1 heterocycles. The molecule has 3 heteroatoms. The standard InChI is InChI=1S/C8H15N3/c1-7(5-9)11-4-3-10-6-8(11)2/h7-8,10H,3-4,6H2,1-2H3. The molecule has 0 aromatic carbocycles. The summed E-state index contributed by atoms with van der Waals surface area (Å²) in [4.78, 5) is 2.23. The molecule has 0 radical (unpaired) electrons. The van der Waals surface area contributed by atoms with Gasteiger partial charge in [-0.3, -0.25) is 4.90 Å². The van der Waals surface area contributed by atoms with E-state index in [1.807, 2.05) is 6.92 Å². The first-order valence-electron chi connectivity index (χ1n) is 4.11. The van der Waals surface area contributed by atoms with Crippen LogP contribution in [0.25, 0.3) is 0 Å². The SMILES string of the molecule is CC(C#N)N1CCNCC1C. The van der Waals surface area contributed by atoms with Gasteiger partial charge in [-0.1, -0.05) is 0 Å². The molecule has 0 aliphatic carbocycles. The fourth-order valence-electron chi connectivity index (χ4n) is 1.51. The van der Waals surface area contributed by atoms with E-state index in [1.165, 1.54) is 0 Å². The van der Waals surface area contributed by atoms with Gasteiger partial charge in [-0.25, -0.2) is 0 Å². The first-order chi connectivity index (χ1) is 5.25. The van der Waals surface area contributed by atoms with E-state index in [4.69, 9.17) is 5.26 Å². The Bertz CT molecular complexity index is 161. The van der Waals surface area contributed by atoms with E-state index >= 15 is 0 Å². The maximum absolute atomic E-state index is 8.69. The number of nitrogens with zero attached hydrogens (tertiary/aromatic N) is 2. The highest BCUT2D eigenvalue weighted by Gasteiger charge is 2.21. The van der Waals surface area contributed by atoms with Crippen LogP contribution in [0.1, 0.15) is 13.8 Å². The molecule has 0 aromatic heterocycles. The van der Waals surface area contributed by atoms with E-state index in [0.29, 0.717) is 6.04 Å². The van der Waals surface area contributed by atoms with Crippen molar-refractivity contribution in [2.45, 2.75) is 25.9 Å². The summed E-state index contributed by atoms with van der Waals surface area (Å²) in [6.45, 7) is 7.13. The van der Waals surface area contributed by atoms with Gasteiger partial charge in [0.1, 0.15) is 0 Å². The molecule has 0 bridgehead atoms. The second-order valence-corrected chi connectivity index (χ2v) is 3.10. The second kappa shape index (κ2) is 3.70. The zero-order valence-electron chi connectivity index (χ0n) is 7.17. The number of piperazine rings is 1. The normalized spacial score (nSPS) is 29.4. The molecule has 11 heavy (non-hydrogen) atoms. The molecule has 0 amide bonds. The molecule has 2 unspecified atom stereocenters. The van der Waals surface area contributed by atoms with Crippen LogP contribution in [-0.4, -0.2) is 36.6 Å². The smallest absolute Gasteiger partial charge is 0.0952 e. The predicted octanol–water partition coefficient (Wildman–Crippen LogP) is 0.192. The number of nitriles is 1. The van der Waals surface area contributed by atoms with E-state index in [0.717, 1.165) is 19.6 Å². The summed E-state index contributed by atoms with van der Waals surface area (Å²) >= 11 is 0. The first-order valence-corrected chi connectivity index (χ1v) is 4.11. The van der Waals surface area contributed by atoms with Crippen molar-refractivity contribution in [1.82, 2.24) is 10.2 Å². The van der Waals surface area contributed by atoms with Crippen molar-refractivity contribution in [1.29, 1.82) is 5.26 Å². The summed E-state index contributed by atoms with van der Waals surface area (Å²) in [6, 6.07) is 2.82. The molecule has 3 nitrogen and oxygen atoms in total. The Morgan fingerprint density at radius 3 is 3.00 bits per heavy atom. The van der Waals surface area contributed by atoms with Crippen molar-refractivity contribution in [3.05, 3.63) is 0 Å². The Hall–Kier alpha value is -0.590. The molecule has 1 fully saturated rings. The van der Waals surface area contributed by atoms with Gasteiger partial charge in [0.15, 0.2) is 0 Å². The van der Waals surface area contributed by atoms with Gasteiger partial charge in [0, 0.05) is 25.7 Å². The molecule has 1 saturated heterocycles. The second-order valence-electron chi connectivity index (χ2n) is 3.10. The lowest BCUT2D eigenvalue weighted by Crippen LogP contribution is -2.52. The zero-order valence-corrected chi connectivity index (χ0v) is 7.17. The molecule has 1 aliphatic heterocycles. The lowest BCUT2D eigenvalue weighted by atomic mass is 10.1. The highest BCUT2D eigenvalue weighted by atomic mass is 15.2. The molecule has 0 saturated carbocycles. The molecule has 0 aromatic rings. The molecule has 1 N–H and O–H groups in total. The van der Waals surface area contributed by atoms with Gasteiger partial charge >= 0.3 is 0 Å². The Labute approximate surface area is 68.0 Å². The van der Waals surface area contributed by atoms with E-state index in [9.17, 15) is 0 Å². The van der Waals surface area contributed by atoms with Gasteiger partial charge < -0.3 is 5.32 Å². The van der Waals surface area contributed by atoms with Gasteiger partial charge in [-0.15, -0.1) is 0 Å². The Morgan fingerprint density at radius 1 is 1.73 bits per heavy atom. The average molecular weight is 153 g/mol. The molecular formula is C8H15N3. The van der Waals surface area contributed by atoms with Crippen LogP contribution in [0.15, 0.2) is 0 Å². The third kappa shape index (κ3) is 1.92. The largest absolute Gasteiger partial charge is 0.314 e. The third-order valence-electron chi connectivity index (χ3n) is 2.24. The average Bonchev–Trinajstić information content (AvgIpc) is 2.04. The van der Waals surface area contributed by atoms with Crippen molar-refractivity contribution in [3.8, 4) is 6.07 Å². The summed E-state index contributed by atoms with van der Waals surface area (Å²) in [7, 11) is 0. The van der Waals surface area contributed by atoms with Crippen molar-refractivity contribution < 1.29 is 0 Å². The van der Waals surface area contributed by atoms with Crippen molar-refractivity contribution >= 4 is 0 Å². The molecule has 62 valence electrons. The minimum absolute atomic E-state index is 0.0621. The fourth-order valence-corrected chi connectivity index (χ4v) is 1.51. The van der Waals surface area contributed by atoms with Crippen LogP contribution in [0.4, 0.5) is 0 Å². The van der Waals surface area contributed by atoms with E-state index < -0.39 is 0 Å². The van der Waals surface area contributed by atoms with Crippen LogP contribution in [-0.2, 0) is 0 Å². The predicted molar refractivity (Wildman–Crippen MR) is 44.1 cm³/mol. The number of hydrogen-bond acceptors (Lipinski definition) is 3. The van der Waals surface area contributed by atoms with Crippen LogP contribution >= 0.6 is 0 Å². The van der Waals surface area contributed by atoms with Crippen LogP contribution in [0.3, 0.4) is 0 Å². The van der Waals surface area contributed by atoms with E-state index in [-0.39, 0.29) is 6.04 Å². The number of nitrogens with one attached hydrogen (secondary N) is 1. The van der Waals surface area contributed by atoms with Crippen LogP contribution in [0.2, 0.25) is 0 Å². The first kappa shape index (κ1) is 8.51. The van der Waals surface area contributed by atoms with Gasteiger partial charge in [-0.2, -0.15) is 5.26 Å². The van der Waals surface area contributed by atoms with Gasteiger partial charge in [0.2, 0.25) is 0 Å². The van der Waals surface area contributed by atoms with Gasteiger partial charge in [-0.05, 0) is 13.8 Å². The van der Waals surface area contributed by atoms with Gasteiger partial charge in [0.25, 0.3) is 0 Å². The van der Waals surface area contributed by atoms with Gasteiger partial charge in [0.05, 0.1) is 12.1 Å². The van der Waals surface area contributed by atoms with E-state index in [1.54, 1.807) is 0 Å². The highest BCUT2D eigenvalue weighted by Crippen LogP contribution is 2.06. The third-order valence-corrected chi connectivity index (χ3v) is 2.24. The summed E-state index contributed by atoms with van der Waals surface area (Å²) in [5, 5.41) is 12.0.